The summed E-state index contributed by atoms with van der Waals surface area (Å²) in [5.74, 6) is 1.01. The van der Waals surface area contributed by atoms with E-state index in [9.17, 15) is 5.26 Å². The Morgan fingerprint density at radius 3 is 2.63 bits per heavy atom. The van der Waals surface area contributed by atoms with Crippen LogP contribution in [0.25, 0.3) is 0 Å². The van der Waals surface area contributed by atoms with Crippen molar-refractivity contribution in [1.82, 2.24) is 4.90 Å². The zero-order valence-electron chi connectivity index (χ0n) is 13.1. The van der Waals surface area contributed by atoms with Crippen LogP contribution < -0.4 is 0 Å². The van der Waals surface area contributed by atoms with E-state index in [1.165, 1.54) is 25.7 Å². The fraction of sp³-hybridized carbons (Fsp3) is 0.938. The van der Waals surface area contributed by atoms with Crippen molar-refractivity contribution in [2.75, 3.05) is 20.3 Å². The number of likely N-dealkylation sites (N-methyl/N-ethyl adjacent to an activating group) is 1. The first-order valence-electron chi connectivity index (χ1n) is 7.82. The second kappa shape index (κ2) is 8.55. The Balaban J connectivity index is 2.74. The first-order chi connectivity index (χ1) is 9.17. The monoisotopic (exact) mass is 266 g/mol. The van der Waals surface area contributed by atoms with E-state index in [0.29, 0.717) is 12.1 Å². The lowest BCUT2D eigenvalue weighted by molar-refractivity contribution is 0.0330. The van der Waals surface area contributed by atoms with Crippen LogP contribution in [0.3, 0.4) is 0 Å². The second-order valence-corrected chi connectivity index (χ2v) is 5.91. The van der Waals surface area contributed by atoms with E-state index in [1.807, 2.05) is 0 Å². The van der Waals surface area contributed by atoms with Gasteiger partial charge in [0, 0.05) is 19.2 Å². The number of hydrogen-bond acceptors (Lipinski definition) is 3. The van der Waals surface area contributed by atoms with E-state index in [-0.39, 0.29) is 5.92 Å². The Morgan fingerprint density at radius 2 is 2.11 bits per heavy atom. The summed E-state index contributed by atoms with van der Waals surface area (Å²) in [6, 6.07) is 3.37. The normalized spacial score (nSPS) is 29.2. The van der Waals surface area contributed by atoms with Crippen LogP contribution in [0.4, 0.5) is 0 Å². The fourth-order valence-corrected chi connectivity index (χ4v) is 3.63. The summed E-state index contributed by atoms with van der Waals surface area (Å²) in [5.41, 5.74) is 0. The summed E-state index contributed by atoms with van der Waals surface area (Å²) in [6.07, 6.45) is 6.06. The Kier molecular flexibility index (Phi) is 7.41. The molecule has 0 aliphatic heterocycles. The highest BCUT2D eigenvalue weighted by molar-refractivity contribution is 4.98. The third-order valence-electron chi connectivity index (χ3n) is 4.55. The summed E-state index contributed by atoms with van der Waals surface area (Å²) in [4.78, 5) is 2.49. The molecule has 0 aromatic heterocycles. The van der Waals surface area contributed by atoms with Gasteiger partial charge >= 0.3 is 0 Å². The summed E-state index contributed by atoms with van der Waals surface area (Å²) in [7, 11) is 1.76. The third kappa shape index (κ3) is 4.47. The van der Waals surface area contributed by atoms with Crippen LogP contribution in [-0.4, -0.2) is 37.2 Å². The molecule has 1 rings (SSSR count). The molecule has 3 heteroatoms. The maximum Gasteiger partial charge on any atom is 0.0672 e. The van der Waals surface area contributed by atoms with Gasteiger partial charge in [-0.25, -0.2) is 0 Å². The van der Waals surface area contributed by atoms with E-state index in [4.69, 9.17) is 4.74 Å². The first-order valence-corrected chi connectivity index (χ1v) is 7.82. The van der Waals surface area contributed by atoms with Gasteiger partial charge in [0.1, 0.15) is 0 Å². The molecule has 1 saturated carbocycles. The molecule has 4 atom stereocenters. The molecule has 0 saturated heterocycles. The van der Waals surface area contributed by atoms with E-state index in [0.717, 1.165) is 25.5 Å². The van der Waals surface area contributed by atoms with E-state index < -0.39 is 0 Å². The number of nitriles is 1. The van der Waals surface area contributed by atoms with Crippen molar-refractivity contribution in [3.8, 4) is 6.07 Å². The second-order valence-electron chi connectivity index (χ2n) is 5.91. The van der Waals surface area contributed by atoms with Crippen LogP contribution in [0.1, 0.15) is 52.9 Å². The lowest BCUT2D eigenvalue weighted by atomic mass is 9.76. The van der Waals surface area contributed by atoms with Crippen molar-refractivity contribution in [3.63, 3.8) is 0 Å². The summed E-state index contributed by atoms with van der Waals surface area (Å²) in [5, 5.41) is 9.43. The van der Waals surface area contributed by atoms with E-state index in [1.54, 1.807) is 7.11 Å². The highest BCUT2D eigenvalue weighted by atomic mass is 16.5. The van der Waals surface area contributed by atoms with Gasteiger partial charge in [-0.15, -0.1) is 0 Å². The van der Waals surface area contributed by atoms with Gasteiger partial charge in [0.15, 0.2) is 0 Å². The van der Waals surface area contributed by atoms with Crippen molar-refractivity contribution in [1.29, 1.82) is 5.26 Å². The highest BCUT2D eigenvalue weighted by Crippen LogP contribution is 2.35. The van der Waals surface area contributed by atoms with Gasteiger partial charge in [0.25, 0.3) is 0 Å². The maximum absolute atomic E-state index is 9.43. The SMILES string of the molecule is CCCC1CCC(C#N)C(N(CC)C(C)COC)C1. The molecule has 0 radical (unpaired) electrons. The topological polar surface area (TPSA) is 36.3 Å². The average molecular weight is 266 g/mol. The van der Waals surface area contributed by atoms with E-state index in [2.05, 4.69) is 31.7 Å². The summed E-state index contributed by atoms with van der Waals surface area (Å²) >= 11 is 0. The molecule has 0 amide bonds. The van der Waals surface area contributed by atoms with E-state index >= 15 is 0 Å². The van der Waals surface area contributed by atoms with Crippen molar-refractivity contribution in [3.05, 3.63) is 0 Å². The molecule has 0 heterocycles. The molecular formula is C16H30N2O. The van der Waals surface area contributed by atoms with Crippen molar-refractivity contribution >= 4 is 0 Å². The van der Waals surface area contributed by atoms with Gasteiger partial charge in [0.2, 0.25) is 0 Å². The summed E-state index contributed by atoms with van der Waals surface area (Å²) in [6.45, 7) is 8.43. The minimum absolute atomic E-state index is 0.201. The minimum Gasteiger partial charge on any atom is -0.383 e. The average Bonchev–Trinajstić information content (AvgIpc) is 2.41. The molecule has 0 aromatic rings. The molecule has 110 valence electrons. The zero-order valence-corrected chi connectivity index (χ0v) is 13.1. The van der Waals surface area contributed by atoms with Crippen molar-refractivity contribution < 1.29 is 4.74 Å². The predicted molar refractivity (Wildman–Crippen MR) is 78.9 cm³/mol. The number of hydrogen-bond donors (Lipinski definition) is 0. The molecule has 4 unspecified atom stereocenters. The molecule has 1 fully saturated rings. The van der Waals surface area contributed by atoms with Gasteiger partial charge < -0.3 is 4.74 Å². The lowest BCUT2D eigenvalue weighted by Gasteiger charge is -2.42. The highest BCUT2D eigenvalue weighted by Gasteiger charge is 2.35. The third-order valence-corrected chi connectivity index (χ3v) is 4.55. The molecule has 0 bridgehead atoms. The van der Waals surface area contributed by atoms with Crippen molar-refractivity contribution in [2.24, 2.45) is 11.8 Å². The minimum atomic E-state index is 0.201. The first kappa shape index (κ1) is 16.5. The Bertz CT molecular complexity index is 287. The number of nitrogens with zero attached hydrogens (tertiary/aromatic N) is 2. The van der Waals surface area contributed by atoms with Gasteiger partial charge in [-0.2, -0.15) is 5.26 Å². The van der Waals surface area contributed by atoms with Gasteiger partial charge in [-0.05, 0) is 38.6 Å². The van der Waals surface area contributed by atoms with Crippen LogP contribution in [0.15, 0.2) is 0 Å². The van der Waals surface area contributed by atoms with Crippen LogP contribution in [0, 0.1) is 23.2 Å². The maximum atomic E-state index is 9.43. The fourth-order valence-electron chi connectivity index (χ4n) is 3.63. The van der Waals surface area contributed by atoms with Crippen molar-refractivity contribution in [2.45, 2.75) is 65.0 Å². The predicted octanol–water partition coefficient (Wildman–Crippen LogP) is 3.45. The summed E-state index contributed by atoms with van der Waals surface area (Å²) < 4.78 is 5.30. The molecule has 0 N–H and O–H groups in total. The zero-order chi connectivity index (χ0) is 14.3. The standard InChI is InChI=1S/C16H30N2O/c1-5-7-14-8-9-15(11-17)16(10-14)18(6-2)13(3)12-19-4/h13-16H,5-10,12H2,1-4H3. The smallest absolute Gasteiger partial charge is 0.0672 e. The molecule has 1 aliphatic rings. The van der Waals surface area contributed by atoms with Gasteiger partial charge in [0.05, 0.1) is 18.6 Å². The van der Waals surface area contributed by atoms with Crippen LogP contribution in [-0.2, 0) is 4.74 Å². The van der Waals surface area contributed by atoms with Crippen LogP contribution in [0.5, 0.6) is 0 Å². The lowest BCUT2D eigenvalue weighted by Crippen LogP contribution is -2.49. The van der Waals surface area contributed by atoms with Crippen LogP contribution >= 0.6 is 0 Å². The molecule has 3 nitrogen and oxygen atoms in total. The number of rotatable bonds is 7. The molecular weight excluding hydrogens is 236 g/mol. The number of ether oxygens (including phenoxy) is 1. The number of methoxy groups -OCH3 is 1. The Labute approximate surface area is 118 Å². The molecule has 0 aromatic carbocycles. The molecule has 19 heavy (non-hydrogen) atoms. The molecule has 1 aliphatic carbocycles. The van der Waals surface area contributed by atoms with Crippen LogP contribution in [0.2, 0.25) is 0 Å². The Hall–Kier alpha value is -0.590. The largest absolute Gasteiger partial charge is 0.383 e. The van der Waals surface area contributed by atoms with Gasteiger partial charge in [-0.3, -0.25) is 4.90 Å². The Morgan fingerprint density at radius 1 is 1.37 bits per heavy atom. The molecule has 0 spiro atoms. The quantitative estimate of drug-likeness (QED) is 0.708. The van der Waals surface area contributed by atoms with Gasteiger partial charge in [-0.1, -0.05) is 26.7 Å².